The first-order valence-electron chi connectivity index (χ1n) is 9.47. The van der Waals surface area contributed by atoms with Crippen molar-refractivity contribution in [2.45, 2.75) is 13.8 Å². The topological polar surface area (TPSA) is 55.8 Å². The molecule has 0 aliphatic carbocycles. The van der Waals surface area contributed by atoms with Crippen molar-refractivity contribution in [3.63, 3.8) is 0 Å². The van der Waals surface area contributed by atoms with Crippen LogP contribution in [-0.2, 0) is 4.79 Å². The van der Waals surface area contributed by atoms with Crippen LogP contribution in [-0.4, -0.2) is 24.3 Å². The summed E-state index contributed by atoms with van der Waals surface area (Å²) in [5.41, 5.74) is 3.85. The monoisotopic (exact) mass is 388 g/mol. The fourth-order valence-electron chi connectivity index (χ4n) is 3.04. The molecule has 0 saturated carbocycles. The third-order valence-electron chi connectivity index (χ3n) is 4.46. The first-order valence-corrected chi connectivity index (χ1v) is 9.47. The van der Waals surface area contributed by atoms with E-state index in [2.05, 4.69) is 6.07 Å². The average Bonchev–Trinajstić information content (AvgIpc) is 2.72. The van der Waals surface area contributed by atoms with Gasteiger partial charge in [-0.2, -0.15) is 0 Å². The molecule has 1 N–H and O–H groups in total. The minimum Gasteiger partial charge on any atom is -0.490 e. The molecular weight excluding hydrogens is 364 g/mol. The van der Waals surface area contributed by atoms with Crippen LogP contribution in [0, 0.1) is 13.8 Å². The zero-order valence-corrected chi connectivity index (χ0v) is 16.6. The molecule has 29 heavy (non-hydrogen) atoms. The van der Waals surface area contributed by atoms with Crippen LogP contribution in [0.15, 0.2) is 72.8 Å². The zero-order chi connectivity index (χ0) is 20.6. The third kappa shape index (κ3) is 5.48. The van der Waals surface area contributed by atoms with Gasteiger partial charge in [0.15, 0.2) is 0 Å². The molecule has 0 spiro atoms. The molecule has 0 aromatic heterocycles. The van der Waals surface area contributed by atoms with E-state index in [1.54, 1.807) is 18.2 Å². The lowest BCUT2D eigenvalue weighted by Crippen LogP contribution is -2.10. The number of carboxylic acid groups (broad SMARTS) is 1. The smallest absolute Gasteiger partial charge is 0.336 e. The molecule has 0 bridgehead atoms. The Morgan fingerprint density at radius 2 is 1.52 bits per heavy atom. The van der Waals surface area contributed by atoms with Crippen LogP contribution in [0.2, 0.25) is 0 Å². The Balaban J connectivity index is 1.71. The van der Waals surface area contributed by atoms with Gasteiger partial charge in [0.1, 0.15) is 24.7 Å². The number of para-hydroxylation sites is 1. The molecule has 0 aliphatic rings. The second kappa shape index (κ2) is 9.60. The Labute approximate surface area is 171 Å². The van der Waals surface area contributed by atoms with Gasteiger partial charge in [-0.3, -0.25) is 0 Å². The summed E-state index contributed by atoms with van der Waals surface area (Å²) in [7, 11) is 0. The Hall–Kier alpha value is -3.53. The van der Waals surface area contributed by atoms with Crippen molar-refractivity contribution in [1.82, 2.24) is 0 Å². The van der Waals surface area contributed by atoms with E-state index in [4.69, 9.17) is 9.47 Å². The number of carboxylic acids is 1. The van der Waals surface area contributed by atoms with Crippen molar-refractivity contribution in [1.29, 1.82) is 0 Å². The fourth-order valence-corrected chi connectivity index (χ4v) is 3.04. The minimum atomic E-state index is -0.982. The standard InChI is InChI=1S/C25H24O4/c1-18-12-13-23(19(2)16-18)28-14-15-29-24-11-7-6-10-21(24)17-22(25(26)27)20-8-4-3-5-9-20/h3-13,16-17H,14-15H2,1-2H3,(H,26,27). The van der Waals surface area contributed by atoms with E-state index in [0.717, 1.165) is 11.3 Å². The molecule has 0 radical (unpaired) electrons. The molecule has 0 unspecified atom stereocenters. The summed E-state index contributed by atoms with van der Waals surface area (Å²) in [6.45, 7) is 4.81. The van der Waals surface area contributed by atoms with Crippen molar-refractivity contribution in [2.24, 2.45) is 0 Å². The predicted octanol–water partition coefficient (Wildman–Crippen LogP) is 5.39. The number of carbonyl (C=O) groups is 1. The lowest BCUT2D eigenvalue weighted by Gasteiger charge is -2.12. The number of hydrogen-bond donors (Lipinski definition) is 1. The van der Waals surface area contributed by atoms with E-state index in [9.17, 15) is 9.90 Å². The van der Waals surface area contributed by atoms with Gasteiger partial charge in [-0.15, -0.1) is 0 Å². The molecule has 0 atom stereocenters. The second-order valence-electron chi connectivity index (χ2n) is 6.73. The van der Waals surface area contributed by atoms with Gasteiger partial charge in [0.25, 0.3) is 0 Å². The number of benzene rings is 3. The van der Waals surface area contributed by atoms with Crippen molar-refractivity contribution in [3.05, 3.63) is 95.1 Å². The van der Waals surface area contributed by atoms with Gasteiger partial charge in [-0.25, -0.2) is 4.79 Å². The number of rotatable bonds is 8. The van der Waals surface area contributed by atoms with E-state index >= 15 is 0 Å². The van der Waals surface area contributed by atoms with Gasteiger partial charge in [0.05, 0.1) is 5.57 Å². The SMILES string of the molecule is Cc1ccc(OCCOc2ccccc2C=C(C(=O)O)c2ccccc2)c(C)c1. The molecular formula is C25H24O4. The molecule has 3 aromatic rings. The van der Waals surface area contributed by atoms with Crippen LogP contribution in [0.3, 0.4) is 0 Å². The number of hydrogen-bond acceptors (Lipinski definition) is 3. The van der Waals surface area contributed by atoms with Gasteiger partial charge in [0.2, 0.25) is 0 Å². The third-order valence-corrected chi connectivity index (χ3v) is 4.46. The maximum atomic E-state index is 11.8. The first kappa shape index (κ1) is 20.2. The Morgan fingerprint density at radius 1 is 0.862 bits per heavy atom. The molecule has 0 amide bonds. The summed E-state index contributed by atoms with van der Waals surface area (Å²) >= 11 is 0. The maximum absolute atomic E-state index is 11.8. The summed E-state index contributed by atoms with van der Waals surface area (Å²) in [6.07, 6.45) is 1.64. The van der Waals surface area contributed by atoms with E-state index in [1.807, 2.05) is 68.4 Å². The largest absolute Gasteiger partial charge is 0.490 e. The highest BCUT2D eigenvalue weighted by Crippen LogP contribution is 2.25. The number of aliphatic carboxylic acids is 1. The molecule has 0 aliphatic heterocycles. The van der Waals surface area contributed by atoms with E-state index in [1.165, 1.54) is 5.56 Å². The van der Waals surface area contributed by atoms with Gasteiger partial charge in [0, 0.05) is 5.56 Å². The van der Waals surface area contributed by atoms with Crippen molar-refractivity contribution >= 4 is 17.6 Å². The molecule has 4 heteroatoms. The summed E-state index contributed by atoms with van der Waals surface area (Å²) in [4.78, 5) is 11.8. The quantitative estimate of drug-likeness (QED) is 0.319. The molecule has 3 aromatic carbocycles. The first-order chi connectivity index (χ1) is 14.0. The molecule has 4 nitrogen and oxygen atoms in total. The van der Waals surface area contributed by atoms with Crippen molar-refractivity contribution in [2.75, 3.05) is 13.2 Å². The molecule has 0 fully saturated rings. The molecule has 148 valence electrons. The van der Waals surface area contributed by atoms with Gasteiger partial charge >= 0.3 is 5.97 Å². The number of aryl methyl sites for hydroxylation is 2. The van der Waals surface area contributed by atoms with Crippen molar-refractivity contribution in [3.8, 4) is 11.5 Å². The summed E-state index contributed by atoms with van der Waals surface area (Å²) in [5, 5.41) is 9.64. The summed E-state index contributed by atoms with van der Waals surface area (Å²) in [6, 6.07) is 22.5. The maximum Gasteiger partial charge on any atom is 0.336 e. The lowest BCUT2D eigenvalue weighted by molar-refractivity contribution is -0.130. The summed E-state index contributed by atoms with van der Waals surface area (Å²) in [5.74, 6) is 0.472. The highest BCUT2D eigenvalue weighted by Gasteiger charge is 2.12. The summed E-state index contributed by atoms with van der Waals surface area (Å²) < 4.78 is 11.7. The van der Waals surface area contributed by atoms with Crippen molar-refractivity contribution < 1.29 is 19.4 Å². The van der Waals surface area contributed by atoms with Crippen LogP contribution in [0.4, 0.5) is 0 Å². The van der Waals surface area contributed by atoms with Crippen LogP contribution < -0.4 is 9.47 Å². The second-order valence-corrected chi connectivity index (χ2v) is 6.73. The Bertz CT molecular complexity index is 1010. The fraction of sp³-hybridized carbons (Fsp3) is 0.160. The molecule has 0 heterocycles. The normalized spacial score (nSPS) is 11.2. The zero-order valence-electron chi connectivity index (χ0n) is 16.6. The van der Waals surface area contributed by atoms with E-state index < -0.39 is 5.97 Å². The predicted molar refractivity (Wildman–Crippen MR) is 115 cm³/mol. The van der Waals surface area contributed by atoms with E-state index in [-0.39, 0.29) is 5.57 Å². The van der Waals surface area contributed by atoms with Crippen LogP contribution >= 0.6 is 0 Å². The molecule has 0 saturated heterocycles. The number of ether oxygens (including phenoxy) is 2. The van der Waals surface area contributed by atoms with E-state index in [0.29, 0.717) is 30.1 Å². The van der Waals surface area contributed by atoms with Gasteiger partial charge in [-0.05, 0) is 43.2 Å². The average molecular weight is 388 g/mol. The highest BCUT2D eigenvalue weighted by molar-refractivity contribution is 6.20. The highest BCUT2D eigenvalue weighted by atomic mass is 16.5. The lowest BCUT2D eigenvalue weighted by atomic mass is 10.0. The van der Waals surface area contributed by atoms with Gasteiger partial charge in [-0.1, -0.05) is 66.2 Å². The Morgan fingerprint density at radius 3 is 2.21 bits per heavy atom. The minimum absolute atomic E-state index is 0.216. The molecule has 3 rings (SSSR count). The van der Waals surface area contributed by atoms with Crippen LogP contribution in [0.1, 0.15) is 22.3 Å². The van der Waals surface area contributed by atoms with Crippen LogP contribution in [0.25, 0.3) is 11.6 Å². The van der Waals surface area contributed by atoms with Crippen LogP contribution in [0.5, 0.6) is 11.5 Å². The Kier molecular flexibility index (Phi) is 6.69. The van der Waals surface area contributed by atoms with Gasteiger partial charge < -0.3 is 14.6 Å².